The number of fused-ring (bicyclic) bond motifs is 1. The van der Waals surface area contributed by atoms with Crippen LogP contribution >= 0.6 is 11.6 Å². The number of hydrogen-bond acceptors (Lipinski definition) is 3. The Morgan fingerprint density at radius 1 is 1.10 bits per heavy atom. The molecule has 2 N–H and O–H groups in total. The van der Waals surface area contributed by atoms with Crippen LogP contribution in [0.4, 0.5) is 0 Å². The lowest BCUT2D eigenvalue weighted by Gasteiger charge is -2.17. The second-order valence-corrected chi connectivity index (χ2v) is 8.40. The van der Waals surface area contributed by atoms with Crippen molar-refractivity contribution in [2.24, 2.45) is 7.05 Å². The van der Waals surface area contributed by atoms with Crippen molar-refractivity contribution in [1.82, 2.24) is 4.57 Å². The highest BCUT2D eigenvalue weighted by Gasteiger charge is 2.17. The number of rotatable bonds is 3. The van der Waals surface area contributed by atoms with E-state index in [0.29, 0.717) is 5.02 Å². The van der Waals surface area contributed by atoms with Gasteiger partial charge < -0.3 is 14.8 Å². The first kappa shape index (κ1) is 22.7. The van der Waals surface area contributed by atoms with Crippen molar-refractivity contribution in [3.63, 3.8) is 0 Å². The molecule has 3 rings (SSSR count). The number of benzene rings is 2. The molecule has 29 heavy (non-hydrogen) atoms. The van der Waals surface area contributed by atoms with Gasteiger partial charge in [-0.1, -0.05) is 23.7 Å². The minimum absolute atomic E-state index is 0.0808. The minimum atomic E-state index is -0.891. The first-order valence-electron chi connectivity index (χ1n) is 9.21. The normalized spacial score (nSPS) is 11.1. The Balaban J connectivity index is 0.000000537. The molecule has 0 fully saturated rings. The van der Waals surface area contributed by atoms with E-state index in [-0.39, 0.29) is 12.0 Å². The average Bonchev–Trinajstić information content (AvgIpc) is 2.59. The Morgan fingerprint density at radius 2 is 1.66 bits per heavy atom. The number of carbonyl (C=O) groups is 1. The van der Waals surface area contributed by atoms with Crippen LogP contribution in [0.3, 0.4) is 0 Å². The van der Waals surface area contributed by atoms with E-state index >= 15 is 0 Å². The molecule has 3 aromatic rings. The summed E-state index contributed by atoms with van der Waals surface area (Å²) in [6, 6.07) is 12.4. The summed E-state index contributed by atoms with van der Waals surface area (Å²) in [5.41, 5.74) is 3.48. The zero-order valence-electron chi connectivity index (χ0n) is 17.3. The molecule has 0 aliphatic heterocycles. The number of nitrogens with zero attached hydrogens (tertiary/aromatic N) is 1. The second kappa shape index (κ2) is 8.80. The first-order valence-corrected chi connectivity index (χ1v) is 9.58. The summed E-state index contributed by atoms with van der Waals surface area (Å²) in [5.74, 6) is -0.891. The van der Waals surface area contributed by atoms with E-state index in [4.69, 9.17) is 16.7 Å². The molecule has 0 atom stereocenters. The molecule has 1 aromatic heterocycles. The van der Waals surface area contributed by atoms with Gasteiger partial charge in [-0.2, -0.15) is 0 Å². The number of hydrogen-bond donors (Lipinski definition) is 2. The van der Waals surface area contributed by atoms with E-state index in [9.17, 15) is 14.7 Å². The topological polar surface area (TPSA) is 79.5 Å². The lowest BCUT2D eigenvalue weighted by Crippen LogP contribution is -2.16. The molecule has 0 bridgehead atoms. The van der Waals surface area contributed by atoms with Crippen LogP contribution in [0.2, 0.25) is 5.02 Å². The highest BCUT2D eigenvalue weighted by molar-refractivity contribution is 6.30. The molecule has 1 heterocycles. The highest BCUT2D eigenvalue weighted by atomic mass is 35.5. The Labute approximate surface area is 175 Å². The van der Waals surface area contributed by atoms with Crippen molar-refractivity contribution in [2.75, 3.05) is 0 Å². The maximum absolute atomic E-state index is 12.0. The van der Waals surface area contributed by atoms with Crippen LogP contribution in [0, 0.1) is 6.92 Å². The van der Waals surface area contributed by atoms with E-state index in [1.165, 1.54) is 6.07 Å². The molecular formula is C23H26ClNO4. The van der Waals surface area contributed by atoms with Crippen LogP contribution < -0.4 is 5.56 Å². The summed E-state index contributed by atoms with van der Waals surface area (Å²) in [7, 11) is 1.71. The molecule has 0 spiro atoms. The van der Waals surface area contributed by atoms with Crippen LogP contribution in [0.25, 0.3) is 22.0 Å². The quantitative estimate of drug-likeness (QED) is 0.656. The SMILES string of the molecule is CC(C)(C)O.Cc1cc2c(ccc(=O)n2C)c(-c2ccc(Cl)cc2)c1CC(=O)O. The van der Waals surface area contributed by atoms with Crippen LogP contribution in [-0.4, -0.2) is 26.4 Å². The Kier molecular flexibility index (Phi) is 6.88. The van der Waals surface area contributed by atoms with E-state index < -0.39 is 11.6 Å². The van der Waals surface area contributed by atoms with E-state index in [0.717, 1.165) is 33.2 Å². The number of aliphatic carboxylic acids is 1. The summed E-state index contributed by atoms with van der Waals surface area (Å²) >= 11 is 5.98. The smallest absolute Gasteiger partial charge is 0.307 e. The van der Waals surface area contributed by atoms with Gasteiger partial charge in [0.25, 0.3) is 5.56 Å². The summed E-state index contributed by atoms with van der Waals surface area (Å²) in [4.78, 5) is 23.3. The maximum Gasteiger partial charge on any atom is 0.307 e. The van der Waals surface area contributed by atoms with Crippen molar-refractivity contribution >= 4 is 28.5 Å². The number of carboxylic acids is 1. The third-order valence-electron chi connectivity index (χ3n) is 4.22. The van der Waals surface area contributed by atoms with Gasteiger partial charge in [-0.25, -0.2) is 0 Å². The molecule has 2 aromatic carbocycles. The molecule has 0 aliphatic carbocycles. The minimum Gasteiger partial charge on any atom is -0.481 e. The van der Waals surface area contributed by atoms with Crippen LogP contribution in [0.1, 0.15) is 31.9 Å². The molecule has 0 saturated carbocycles. The Bertz CT molecular complexity index is 1090. The second-order valence-electron chi connectivity index (χ2n) is 7.96. The predicted molar refractivity (Wildman–Crippen MR) is 118 cm³/mol. The number of aliphatic hydroxyl groups is 1. The standard InChI is InChI=1S/C19H16ClNO3.C4H10O/c1-11-9-16-14(7-8-17(22)21(16)2)19(15(11)10-18(23)24)12-3-5-13(20)6-4-12;1-4(2,3)5/h3-9H,10H2,1-2H3,(H,23,24);5H,1-3H3. The van der Waals surface area contributed by atoms with E-state index in [2.05, 4.69) is 0 Å². The number of aryl methyl sites for hydroxylation is 2. The lowest BCUT2D eigenvalue weighted by molar-refractivity contribution is -0.136. The monoisotopic (exact) mass is 415 g/mol. The number of pyridine rings is 1. The van der Waals surface area contributed by atoms with Crippen LogP contribution in [0.15, 0.2) is 47.3 Å². The van der Waals surface area contributed by atoms with Gasteiger partial charge in [0.05, 0.1) is 17.5 Å². The molecule has 5 nitrogen and oxygen atoms in total. The van der Waals surface area contributed by atoms with Gasteiger partial charge in [0.1, 0.15) is 0 Å². The van der Waals surface area contributed by atoms with Crippen molar-refractivity contribution in [3.8, 4) is 11.1 Å². The summed E-state index contributed by atoms with van der Waals surface area (Å²) in [6.07, 6.45) is -0.0808. The van der Waals surface area contributed by atoms with E-state index in [1.807, 2.05) is 25.1 Å². The number of aromatic nitrogens is 1. The predicted octanol–water partition coefficient (Wildman–Crippen LogP) is 4.57. The molecule has 0 unspecified atom stereocenters. The zero-order valence-corrected chi connectivity index (χ0v) is 18.0. The first-order chi connectivity index (χ1) is 13.4. The van der Waals surface area contributed by atoms with Gasteiger partial charge in [0, 0.05) is 23.5 Å². The maximum atomic E-state index is 12.0. The third-order valence-corrected chi connectivity index (χ3v) is 4.47. The summed E-state index contributed by atoms with van der Waals surface area (Å²) < 4.78 is 1.58. The van der Waals surface area contributed by atoms with E-state index in [1.54, 1.807) is 50.6 Å². The van der Waals surface area contributed by atoms with Gasteiger partial charge >= 0.3 is 5.97 Å². The molecule has 0 radical (unpaired) electrons. The molecule has 6 heteroatoms. The van der Waals surface area contributed by atoms with Crippen molar-refractivity contribution in [3.05, 3.63) is 69.0 Å². The van der Waals surface area contributed by atoms with Gasteiger partial charge in [0.2, 0.25) is 0 Å². The van der Waals surface area contributed by atoms with Gasteiger partial charge in [0.15, 0.2) is 0 Å². The van der Waals surface area contributed by atoms with Crippen molar-refractivity contribution in [1.29, 1.82) is 0 Å². The van der Waals surface area contributed by atoms with Gasteiger partial charge in [-0.15, -0.1) is 0 Å². The lowest BCUT2D eigenvalue weighted by atomic mass is 9.90. The van der Waals surface area contributed by atoms with Gasteiger partial charge in [-0.05, 0) is 74.2 Å². The van der Waals surface area contributed by atoms with Crippen molar-refractivity contribution in [2.45, 2.75) is 39.7 Å². The van der Waals surface area contributed by atoms with Crippen LogP contribution in [-0.2, 0) is 18.3 Å². The van der Waals surface area contributed by atoms with Crippen molar-refractivity contribution < 1.29 is 15.0 Å². The molecule has 0 amide bonds. The fourth-order valence-corrected chi connectivity index (χ4v) is 3.14. The third kappa shape index (κ3) is 5.92. The number of carboxylic acid groups (broad SMARTS) is 1. The Morgan fingerprint density at radius 3 is 2.17 bits per heavy atom. The average molecular weight is 416 g/mol. The summed E-state index contributed by atoms with van der Waals surface area (Å²) in [6.45, 7) is 7.10. The fraction of sp³-hybridized carbons (Fsp3) is 0.304. The Hall–Kier alpha value is -2.63. The molecular weight excluding hydrogens is 390 g/mol. The molecule has 154 valence electrons. The molecule has 0 saturated heterocycles. The fourth-order valence-electron chi connectivity index (χ4n) is 3.01. The number of halogens is 1. The van der Waals surface area contributed by atoms with Crippen LogP contribution in [0.5, 0.6) is 0 Å². The largest absolute Gasteiger partial charge is 0.481 e. The highest BCUT2D eigenvalue weighted by Crippen LogP contribution is 2.34. The molecule has 0 aliphatic rings. The van der Waals surface area contributed by atoms with Gasteiger partial charge in [-0.3, -0.25) is 9.59 Å². The summed E-state index contributed by atoms with van der Waals surface area (Å²) in [5, 5.41) is 19.3. The zero-order chi connectivity index (χ0) is 21.9.